The minimum atomic E-state index is -0.129. The number of piperidine rings is 1. The average Bonchev–Trinajstić information content (AvgIpc) is 3.40. The van der Waals surface area contributed by atoms with Crippen LogP contribution in [0.2, 0.25) is 0 Å². The molecule has 1 aliphatic carbocycles. The van der Waals surface area contributed by atoms with Crippen LogP contribution in [0.5, 0.6) is 0 Å². The number of pyridine rings is 1. The molecule has 2 fully saturated rings. The quantitative estimate of drug-likeness (QED) is 0.718. The number of aromatic nitrogens is 3. The number of rotatable bonds is 3. The Labute approximate surface area is 151 Å². The summed E-state index contributed by atoms with van der Waals surface area (Å²) in [6.45, 7) is 0.705. The van der Waals surface area contributed by atoms with Gasteiger partial charge in [0.2, 0.25) is 6.39 Å². The summed E-state index contributed by atoms with van der Waals surface area (Å²) in [7, 11) is 0. The second kappa shape index (κ2) is 6.20. The molecule has 1 saturated carbocycles. The molecule has 6 nitrogen and oxygen atoms in total. The molecule has 0 N–H and O–H groups in total. The monoisotopic (exact) mass is 348 g/mol. The van der Waals surface area contributed by atoms with Gasteiger partial charge < -0.3 is 9.42 Å². The Morgan fingerprint density at radius 3 is 2.85 bits per heavy atom. The molecule has 26 heavy (non-hydrogen) atoms. The van der Waals surface area contributed by atoms with Crippen molar-refractivity contribution in [1.82, 2.24) is 20.0 Å². The maximum atomic E-state index is 13.5. The minimum absolute atomic E-state index is 0.00727. The van der Waals surface area contributed by atoms with Gasteiger partial charge in [0, 0.05) is 11.9 Å². The van der Waals surface area contributed by atoms with E-state index in [9.17, 15) is 4.79 Å². The van der Waals surface area contributed by atoms with Crippen molar-refractivity contribution in [3.8, 4) is 0 Å². The second-order valence-corrected chi connectivity index (χ2v) is 7.19. The molecule has 2 aliphatic rings. The molecule has 6 heteroatoms. The number of carbonyl (C=O) groups is 1. The molecule has 5 rings (SSSR count). The number of benzene rings is 1. The standard InChI is InChI=1S/C20H20N4O2/c25-20(24-10-4-3-7-17(24)19-21-12-26-23-19)18-15(13-8-9-13)11-14-5-1-2-6-16(14)22-18/h1-2,5-6,11-13,17H,3-4,7-10H2. The van der Waals surface area contributed by atoms with Gasteiger partial charge in [0.15, 0.2) is 5.82 Å². The zero-order valence-corrected chi connectivity index (χ0v) is 14.5. The summed E-state index contributed by atoms with van der Waals surface area (Å²) in [5.74, 6) is 1.04. The number of hydrogen-bond donors (Lipinski definition) is 0. The summed E-state index contributed by atoms with van der Waals surface area (Å²) in [6.07, 6.45) is 6.51. The Bertz CT molecular complexity index is 950. The first-order chi connectivity index (χ1) is 12.8. The van der Waals surface area contributed by atoms with Crippen molar-refractivity contribution in [3.05, 3.63) is 53.8 Å². The van der Waals surface area contributed by atoms with Crippen LogP contribution in [0.4, 0.5) is 0 Å². The van der Waals surface area contributed by atoms with Crippen LogP contribution < -0.4 is 0 Å². The molecule has 1 saturated heterocycles. The van der Waals surface area contributed by atoms with Gasteiger partial charge in [-0.1, -0.05) is 23.4 Å². The molecule has 0 spiro atoms. The number of nitrogens with zero attached hydrogens (tertiary/aromatic N) is 4. The molecule has 1 aromatic carbocycles. The SMILES string of the molecule is O=C(c1nc2ccccc2cc1C1CC1)N1CCCCC1c1ncon1. The topological polar surface area (TPSA) is 72.1 Å². The third-order valence-corrected chi connectivity index (χ3v) is 5.41. The Kier molecular flexibility index (Phi) is 3.69. The predicted molar refractivity (Wildman–Crippen MR) is 95.6 cm³/mol. The first kappa shape index (κ1) is 15.5. The highest BCUT2D eigenvalue weighted by Gasteiger charge is 2.36. The van der Waals surface area contributed by atoms with Crippen LogP contribution in [0, 0.1) is 0 Å². The average molecular weight is 348 g/mol. The lowest BCUT2D eigenvalue weighted by molar-refractivity contribution is 0.0590. The van der Waals surface area contributed by atoms with E-state index in [0.29, 0.717) is 24.0 Å². The van der Waals surface area contributed by atoms with Gasteiger partial charge in [-0.15, -0.1) is 0 Å². The lowest BCUT2D eigenvalue weighted by Crippen LogP contribution is -2.39. The highest BCUT2D eigenvalue weighted by Crippen LogP contribution is 2.43. The van der Waals surface area contributed by atoms with Crippen molar-refractivity contribution >= 4 is 16.8 Å². The van der Waals surface area contributed by atoms with E-state index >= 15 is 0 Å². The van der Waals surface area contributed by atoms with Crippen molar-refractivity contribution in [2.24, 2.45) is 0 Å². The van der Waals surface area contributed by atoms with Crippen LogP contribution in [0.3, 0.4) is 0 Å². The fourth-order valence-corrected chi connectivity index (χ4v) is 3.91. The Morgan fingerprint density at radius 2 is 2.04 bits per heavy atom. The van der Waals surface area contributed by atoms with Gasteiger partial charge >= 0.3 is 0 Å². The first-order valence-electron chi connectivity index (χ1n) is 9.28. The Balaban J connectivity index is 1.57. The van der Waals surface area contributed by atoms with Crippen molar-refractivity contribution < 1.29 is 9.32 Å². The van der Waals surface area contributed by atoms with Gasteiger partial charge in [0.05, 0.1) is 11.6 Å². The van der Waals surface area contributed by atoms with Crippen LogP contribution in [-0.4, -0.2) is 32.5 Å². The summed E-state index contributed by atoms with van der Waals surface area (Å²) in [4.78, 5) is 24.3. The number of carbonyl (C=O) groups excluding carboxylic acids is 1. The Hall–Kier alpha value is -2.76. The van der Waals surface area contributed by atoms with Gasteiger partial charge in [0.1, 0.15) is 5.69 Å². The second-order valence-electron chi connectivity index (χ2n) is 7.19. The number of amides is 1. The summed E-state index contributed by atoms with van der Waals surface area (Å²) < 4.78 is 4.92. The maximum absolute atomic E-state index is 13.5. The van der Waals surface area contributed by atoms with E-state index < -0.39 is 0 Å². The first-order valence-corrected chi connectivity index (χ1v) is 9.28. The lowest BCUT2D eigenvalue weighted by Gasteiger charge is -2.34. The van der Waals surface area contributed by atoms with Crippen LogP contribution in [-0.2, 0) is 0 Å². The van der Waals surface area contributed by atoms with E-state index in [2.05, 4.69) is 22.3 Å². The molecule has 1 unspecified atom stereocenters. The molecule has 1 amide bonds. The molecule has 1 atom stereocenters. The van der Waals surface area contributed by atoms with Gasteiger partial charge in [-0.05, 0) is 55.7 Å². The van der Waals surface area contributed by atoms with Gasteiger partial charge in [-0.25, -0.2) is 4.98 Å². The van der Waals surface area contributed by atoms with Gasteiger partial charge in [0.25, 0.3) is 5.91 Å². The number of para-hydroxylation sites is 1. The molecule has 3 aromatic rings. The smallest absolute Gasteiger partial charge is 0.273 e. The maximum Gasteiger partial charge on any atom is 0.273 e. The molecule has 132 valence electrons. The van der Waals surface area contributed by atoms with E-state index in [4.69, 9.17) is 9.51 Å². The fraction of sp³-hybridized carbons (Fsp3) is 0.400. The van der Waals surface area contributed by atoms with Crippen LogP contribution in [0.25, 0.3) is 10.9 Å². The predicted octanol–water partition coefficient (Wildman–Crippen LogP) is 3.86. The van der Waals surface area contributed by atoms with Gasteiger partial charge in [-0.3, -0.25) is 4.79 Å². The summed E-state index contributed by atoms with van der Waals surface area (Å²) in [6, 6.07) is 10.0. The largest absolute Gasteiger partial charge is 0.343 e. The van der Waals surface area contributed by atoms with Crippen LogP contribution in [0.1, 0.15) is 65.9 Å². The van der Waals surface area contributed by atoms with Crippen molar-refractivity contribution in [1.29, 1.82) is 0 Å². The highest BCUT2D eigenvalue weighted by atomic mass is 16.5. The molecule has 3 heterocycles. The lowest BCUT2D eigenvalue weighted by atomic mass is 9.99. The van der Waals surface area contributed by atoms with Crippen LogP contribution in [0.15, 0.2) is 41.2 Å². The minimum Gasteiger partial charge on any atom is -0.343 e. The summed E-state index contributed by atoms with van der Waals surface area (Å²) >= 11 is 0. The van der Waals surface area contributed by atoms with Gasteiger partial charge in [-0.2, -0.15) is 4.98 Å². The Morgan fingerprint density at radius 1 is 1.15 bits per heavy atom. The van der Waals surface area contributed by atoms with Crippen LogP contribution >= 0.6 is 0 Å². The molecule has 0 bridgehead atoms. The third kappa shape index (κ3) is 2.66. The van der Waals surface area contributed by atoms with E-state index in [1.165, 1.54) is 6.39 Å². The van der Waals surface area contributed by atoms with Crippen molar-refractivity contribution in [2.45, 2.75) is 44.1 Å². The zero-order chi connectivity index (χ0) is 17.5. The summed E-state index contributed by atoms with van der Waals surface area (Å²) in [5, 5.41) is 5.08. The number of likely N-dealkylation sites (tertiary alicyclic amines) is 1. The number of fused-ring (bicyclic) bond motifs is 1. The highest BCUT2D eigenvalue weighted by molar-refractivity contribution is 5.97. The van der Waals surface area contributed by atoms with Crippen molar-refractivity contribution in [3.63, 3.8) is 0 Å². The molecule has 0 radical (unpaired) electrons. The van der Waals surface area contributed by atoms with E-state index in [1.54, 1.807) is 0 Å². The molecular weight excluding hydrogens is 328 g/mol. The zero-order valence-electron chi connectivity index (χ0n) is 14.5. The van der Waals surface area contributed by atoms with E-state index in [-0.39, 0.29) is 11.9 Å². The van der Waals surface area contributed by atoms with Crippen molar-refractivity contribution in [2.75, 3.05) is 6.54 Å². The fourth-order valence-electron chi connectivity index (χ4n) is 3.91. The molecule has 2 aromatic heterocycles. The number of hydrogen-bond acceptors (Lipinski definition) is 5. The molecule has 1 aliphatic heterocycles. The third-order valence-electron chi connectivity index (χ3n) is 5.41. The van der Waals surface area contributed by atoms with E-state index in [1.807, 2.05) is 23.1 Å². The summed E-state index contributed by atoms with van der Waals surface area (Å²) in [5.41, 5.74) is 2.56. The molecular formula is C20H20N4O2. The normalized spacial score (nSPS) is 20.5. The van der Waals surface area contributed by atoms with E-state index in [0.717, 1.165) is 48.6 Å².